The van der Waals surface area contributed by atoms with Gasteiger partial charge in [0.05, 0.1) is 5.52 Å². The second-order valence-electron chi connectivity index (χ2n) is 6.02. The van der Waals surface area contributed by atoms with Crippen molar-refractivity contribution in [2.24, 2.45) is 0 Å². The van der Waals surface area contributed by atoms with Gasteiger partial charge in [-0.05, 0) is 40.5 Å². The number of halogens is 3. The van der Waals surface area contributed by atoms with E-state index in [0.29, 0.717) is 16.5 Å². The summed E-state index contributed by atoms with van der Waals surface area (Å²) < 4.78 is 39.9. The second-order valence-corrected chi connectivity index (χ2v) is 6.02. The molecule has 0 aliphatic carbocycles. The summed E-state index contributed by atoms with van der Waals surface area (Å²) in [7, 11) is 0. The summed E-state index contributed by atoms with van der Waals surface area (Å²) in [6, 6.07) is 25.3. The molecular formula is C22H14F3N. The van der Waals surface area contributed by atoms with Crippen LogP contribution in [-0.2, 0) is 6.18 Å². The lowest BCUT2D eigenvalue weighted by molar-refractivity contribution is -0.140. The number of pyridine rings is 1. The molecule has 4 rings (SSSR count). The Morgan fingerprint density at radius 2 is 1.23 bits per heavy atom. The van der Waals surface area contributed by atoms with E-state index in [2.05, 4.69) is 4.98 Å². The summed E-state index contributed by atoms with van der Waals surface area (Å²) in [5, 5.41) is 0.700. The number of alkyl halides is 3. The molecule has 0 amide bonds. The minimum atomic E-state index is -4.49. The van der Waals surface area contributed by atoms with Crippen LogP contribution in [0.15, 0.2) is 84.9 Å². The van der Waals surface area contributed by atoms with Gasteiger partial charge in [-0.15, -0.1) is 0 Å². The van der Waals surface area contributed by atoms with Gasteiger partial charge in [-0.2, -0.15) is 13.2 Å². The lowest BCUT2D eigenvalue weighted by Gasteiger charge is -2.13. The van der Waals surface area contributed by atoms with Crippen LogP contribution in [0.25, 0.3) is 33.2 Å². The van der Waals surface area contributed by atoms with E-state index in [-0.39, 0.29) is 0 Å². The Bertz CT molecular complexity index is 1060. The van der Waals surface area contributed by atoms with Crippen LogP contribution in [0.1, 0.15) is 5.69 Å². The molecule has 0 unspecified atom stereocenters. The maximum Gasteiger partial charge on any atom is 0.433 e. The molecule has 0 aliphatic heterocycles. The van der Waals surface area contributed by atoms with Crippen molar-refractivity contribution in [1.29, 1.82) is 0 Å². The average Bonchev–Trinajstić information content (AvgIpc) is 2.67. The number of hydrogen-bond acceptors (Lipinski definition) is 1. The van der Waals surface area contributed by atoms with Gasteiger partial charge in [0, 0.05) is 5.39 Å². The van der Waals surface area contributed by atoms with Gasteiger partial charge in [0.15, 0.2) is 0 Å². The van der Waals surface area contributed by atoms with E-state index in [9.17, 15) is 13.2 Å². The Kier molecular flexibility index (Phi) is 3.96. The van der Waals surface area contributed by atoms with Gasteiger partial charge in [-0.3, -0.25) is 0 Å². The number of nitrogens with zero attached hydrogens (tertiary/aromatic N) is 1. The maximum atomic E-state index is 13.3. The number of hydrogen-bond donors (Lipinski definition) is 0. The molecule has 4 heteroatoms. The molecule has 26 heavy (non-hydrogen) atoms. The van der Waals surface area contributed by atoms with Crippen LogP contribution in [0.4, 0.5) is 13.2 Å². The van der Waals surface area contributed by atoms with Gasteiger partial charge in [0.1, 0.15) is 5.69 Å². The van der Waals surface area contributed by atoms with Crippen LogP contribution in [0, 0.1) is 0 Å². The molecule has 0 atom stereocenters. The molecule has 1 heterocycles. The summed E-state index contributed by atoms with van der Waals surface area (Å²) >= 11 is 0. The smallest absolute Gasteiger partial charge is 0.243 e. The highest BCUT2D eigenvalue weighted by Crippen LogP contribution is 2.36. The van der Waals surface area contributed by atoms with E-state index in [1.165, 1.54) is 0 Å². The quantitative estimate of drug-likeness (QED) is 0.398. The molecule has 0 aliphatic rings. The van der Waals surface area contributed by atoms with Gasteiger partial charge >= 0.3 is 6.18 Å². The third kappa shape index (κ3) is 3.06. The fourth-order valence-electron chi connectivity index (χ4n) is 3.04. The fraction of sp³-hybridized carbons (Fsp3) is 0.0455. The number of benzene rings is 3. The zero-order valence-electron chi connectivity index (χ0n) is 13.7. The normalized spacial score (nSPS) is 11.7. The SMILES string of the molecule is FC(F)(F)c1cc(-c2ccccc2)c2cc(-c3ccccc3)ccc2n1. The second kappa shape index (κ2) is 6.30. The highest BCUT2D eigenvalue weighted by Gasteiger charge is 2.33. The largest absolute Gasteiger partial charge is 0.433 e. The van der Waals surface area contributed by atoms with Crippen molar-refractivity contribution in [3.05, 3.63) is 90.6 Å². The van der Waals surface area contributed by atoms with Crippen molar-refractivity contribution in [2.75, 3.05) is 0 Å². The van der Waals surface area contributed by atoms with E-state index in [1.54, 1.807) is 12.1 Å². The molecular weight excluding hydrogens is 335 g/mol. The Morgan fingerprint density at radius 1 is 0.615 bits per heavy atom. The predicted octanol–water partition coefficient (Wildman–Crippen LogP) is 6.59. The van der Waals surface area contributed by atoms with E-state index < -0.39 is 11.9 Å². The van der Waals surface area contributed by atoms with Crippen molar-refractivity contribution in [2.45, 2.75) is 6.18 Å². The van der Waals surface area contributed by atoms with Gasteiger partial charge in [0.25, 0.3) is 0 Å². The van der Waals surface area contributed by atoms with E-state index in [1.807, 2.05) is 66.7 Å². The van der Waals surface area contributed by atoms with Crippen molar-refractivity contribution < 1.29 is 13.2 Å². The van der Waals surface area contributed by atoms with Crippen molar-refractivity contribution >= 4 is 10.9 Å². The predicted molar refractivity (Wildman–Crippen MR) is 97.6 cm³/mol. The number of aromatic nitrogens is 1. The van der Waals surface area contributed by atoms with Gasteiger partial charge in [-0.1, -0.05) is 66.7 Å². The summed E-state index contributed by atoms with van der Waals surface area (Å²) in [5.74, 6) is 0. The highest BCUT2D eigenvalue weighted by atomic mass is 19.4. The van der Waals surface area contributed by atoms with E-state index in [0.717, 1.165) is 22.8 Å². The fourth-order valence-corrected chi connectivity index (χ4v) is 3.04. The molecule has 3 aromatic carbocycles. The summed E-state index contributed by atoms with van der Waals surface area (Å²) in [5.41, 5.74) is 2.66. The van der Waals surface area contributed by atoms with Crippen LogP contribution in [-0.4, -0.2) is 4.98 Å². The molecule has 4 aromatic rings. The first-order valence-corrected chi connectivity index (χ1v) is 8.15. The molecule has 0 saturated heterocycles. The Labute approximate surface area is 148 Å². The van der Waals surface area contributed by atoms with E-state index in [4.69, 9.17) is 0 Å². The minimum absolute atomic E-state index is 0.332. The van der Waals surface area contributed by atoms with Crippen LogP contribution in [0.2, 0.25) is 0 Å². The highest BCUT2D eigenvalue weighted by molar-refractivity contribution is 5.97. The minimum Gasteiger partial charge on any atom is -0.243 e. The Balaban J connectivity index is 2.00. The first-order valence-electron chi connectivity index (χ1n) is 8.15. The van der Waals surface area contributed by atoms with Gasteiger partial charge in [0.2, 0.25) is 0 Å². The van der Waals surface area contributed by atoms with Crippen molar-refractivity contribution in [1.82, 2.24) is 4.98 Å². The average molecular weight is 349 g/mol. The first kappa shape index (κ1) is 16.3. The lowest BCUT2D eigenvalue weighted by Crippen LogP contribution is -2.08. The van der Waals surface area contributed by atoms with Crippen molar-refractivity contribution in [3.8, 4) is 22.3 Å². The third-order valence-electron chi connectivity index (χ3n) is 4.29. The third-order valence-corrected chi connectivity index (χ3v) is 4.29. The first-order chi connectivity index (χ1) is 12.5. The molecule has 128 valence electrons. The van der Waals surface area contributed by atoms with Crippen molar-refractivity contribution in [3.63, 3.8) is 0 Å². The Hall–Kier alpha value is -3.14. The summed E-state index contributed by atoms with van der Waals surface area (Å²) in [6.45, 7) is 0. The molecule has 0 bridgehead atoms. The Morgan fingerprint density at radius 3 is 1.85 bits per heavy atom. The molecule has 0 saturated carbocycles. The lowest BCUT2D eigenvalue weighted by atomic mass is 9.96. The standard InChI is InChI=1S/C22H14F3N/c23-22(24,25)21-14-18(16-9-5-2-6-10-16)19-13-17(11-12-20(19)26-21)15-7-3-1-4-8-15/h1-14H. The zero-order valence-corrected chi connectivity index (χ0v) is 13.7. The maximum absolute atomic E-state index is 13.3. The topological polar surface area (TPSA) is 12.9 Å². The van der Waals surface area contributed by atoms with Crippen LogP contribution in [0.5, 0.6) is 0 Å². The zero-order chi connectivity index (χ0) is 18.1. The number of fused-ring (bicyclic) bond motifs is 1. The van der Waals surface area contributed by atoms with Gasteiger partial charge in [-0.25, -0.2) is 4.98 Å². The van der Waals surface area contributed by atoms with Crippen LogP contribution >= 0.6 is 0 Å². The summed E-state index contributed by atoms with van der Waals surface area (Å²) in [6.07, 6.45) is -4.49. The van der Waals surface area contributed by atoms with Crippen LogP contribution in [0.3, 0.4) is 0 Å². The van der Waals surface area contributed by atoms with Crippen LogP contribution < -0.4 is 0 Å². The number of rotatable bonds is 2. The molecule has 1 aromatic heterocycles. The van der Waals surface area contributed by atoms with E-state index >= 15 is 0 Å². The monoisotopic (exact) mass is 349 g/mol. The molecule has 1 nitrogen and oxygen atoms in total. The molecule has 0 radical (unpaired) electrons. The molecule has 0 N–H and O–H groups in total. The van der Waals surface area contributed by atoms with Gasteiger partial charge < -0.3 is 0 Å². The summed E-state index contributed by atoms with van der Waals surface area (Å²) in [4.78, 5) is 3.84. The molecule has 0 fully saturated rings. The molecule has 0 spiro atoms.